The van der Waals surface area contributed by atoms with Crippen molar-refractivity contribution in [1.29, 1.82) is 0 Å². The van der Waals surface area contributed by atoms with Crippen molar-refractivity contribution in [3.05, 3.63) is 45.5 Å². The maximum Gasteiger partial charge on any atom is 0.271 e. The number of non-ortho nitro benzene ring substituents is 1. The van der Waals surface area contributed by atoms with Crippen molar-refractivity contribution < 1.29 is 14.8 Å². The fourth-order valence-corrected chi connectivity index (χ4v) is 2.60. The number of nitrogens with zero attached hydrogens (tertiary/aromatic N) is 2. The van der Waals surface area contributed by atoms with Crippen molar-refractivity contribution in [2.24, 2.45) is 0 Å². The molecule has 22 heavy (non-hydrogen) atoms. The molecule has 8 heteroatoms. The summed E-state index contributed by atoms with van der Waals surface area (Å²) in [7, 11) is 0. The van der Waals surface area contributed by atoms with Gasteiger partial charge in [-0.05, 0) is 6.42 Å². The summed E-state index contributed by atoms with van der Waals surface area (Å²) in [6.07, 6.45) is 0.615. The monoisotopic (exact) mass is 321 g/mol. The second-order valence-electron chi connectivity index (χ2n) is 4.61. The van der Waals surface area contributed by atoms with Gasteiger partial charge in [-0.25, -0.2) is 4.98 Å². The minimum absolute atomic E-state index is 0.0231. The van der Waals surface area contributed by atoms with Gasteiger partial charge in [-0.3, -0.25) is 14.9 Å². The van der Waals surface area contributed by atoms with E-state index in [-0.39, 0.29) is 29.9 Å². The van der Waals surface area contributed by atoms with E-state index in [1.807, 2.05) is 6.92 Å². The molecule has 0 radical (unpaired) electrons. The molecule has 0 saturated heterocycles. The number of nitrogens with one attached hydrogen (secondary N) is 1. The van der Waals surface area contributed by atoms with Gasteiger partial charge in [0, 0.05) is 23.1 Å². The zero-order valence-electron chi connectivity index (χ0n) is 11.9. The minimum atomic E-state index is -0.474. The molecule has 116 valence electrons. The Hall–Kier alpha value is -2.32. The molecule has 1 unspecified atom stereocenters. The van der Waals surface area contributed by atoms with Crippen molar-refractivity contribution in [2.45, 2.75) is 19.4 Å². The third kappa shape index (κ3) is 3.66. The Bertz CT molecular complexity index is 682. The number of aliphatic hydroxyl groups is 1. The first-order valence-corrected chi connectivity index (χ1v) is 7.55. The molecule has 1 aromatic heterocycles. The molecular formula is C14H15N3O4S. The van der Waals surface area contributed by atoms with Gasteiger partial charge >= 0.3 is 0 Å². The van der Waals surface area contributed by atoms with Crippen molar-refractivity contribution in [3.8, 4) is 10.6 Å². The number of aromatic nitrogens is 1. The van der Waals surface area contributed by atoms with Crippen LogP contribution in [0.1, 0.15) is 23.8 Å². The Balaban J connectivity index is 2.19. The van der Waals surface area contributed by atoms with Gasteiger partial charge in [-0.15, -0.1) is 11.3 Å². The third-order valence-electron chi connectivity index (χ3n) is 3.09. The van der Waals surface area contributed by atoms with Crippen LogP contribution < -0.4 is 5.32 Å². The van der Waals surface area contributed by atoms with E-state index < -0.39 is 4.92 Å². The van der Waals surface area contributed by atoms with Gasteiger partial charge in [-0.2, -0.15) is 0 Å². The Morgan fingerprint density at radius 2 is 2.32 bits per heavy atom. The molecule has 2 N–H and O–H groups in total. The lowest BCUT2D eigenvalue weighted by Gasteiger charge is -2.12. The first-order valence-electron chi connectivity index (χ1n) is 6.67. The number of rotatable bonds is 6. The van der Waals surface area contributed by atoms with Crippen molar-refractivity contribution in [1.82, 2.24) is 10.3 Å². The molecule has 7 nitrogen and oxygen atoms in total. The van der Waals surface area contributed by atoms with Gasteiger partial charge in [0.15, 0.2) is 0 Å². The normalized spacial score (nSPS) is 11.9. The van der Waals surface area contributed by atoms with E-state index in [2.05, 4.69) is 10.3 Å². The van der Waals surface area contributed by atoms with E-state index in [0.717, 1.165) is 0 Å². The summed E-state index contributed by atoms with van der Waals surface area (Å²) in [5.74, 6) is -0.367. The number of benzene rings is 1. The number of carbonyl (C=O) groups excluding carboxylic acids is 1. The fraction of sp³-hybridized carbons (Fsp3) is 0.286. The maximum absolute atomic E-state index is 12.0. The van der Waals surface area contributed by atoms with Gasteiger partial charge in [-0.1, -0.05) is 19.1 Å². The number of hydrogen-bond donors (Lipinski definition) is 2. The summed E-state index contributed by atoms with van der Waals surface area (Å²) < 4.78 is 0. The number of nitro groups is 1. The predicted octanol–water partition coefficient (Wildman–Crippen LogP) is 2.22. The molecule has 2 aromatic rings. The zero-order valence-corrected chi connectivity index (χ0v) is 12.7. The second kappa shape index (κ2) is 7.10. The Morgan fingerprint density at radius 1 is 1.55 bits per heavy atom. The van der Waals surface area contributed by atoms with Crippen LogP contribution in [-0.4, -0.2) is 33.6 Å². The van der Waals surface area contributed by atoms with Crippen LogP contribution in [0, 0.1) is 10.1 Å². The van der Waals surface area contributed by atoms with E-state index in [0.29, 0.717) is 17.0 Å². The lowest BCUT2D eigenvalue weighted by Crippen LogP contribution is -2.37. The quantitative estimate of drug-likeness (QED) is 0.627. The number of carbonyl (C=O) groups is 1. The average Bonchev–Trinajstić information content (AvgIpc) is 3.02. The molecule has 1 amide bonds. The summed E-state index contributed by atoms with van der Waals surface area (Å²) in [6.45, 7) is 1.72. The van der Waals surface area contributed by atoms with Gasteiger partial charge < -0.3 is 10.4 Å². The second-order valence-corrected chi connectivity index (χ2v) is 5.46. The third-order valence-corrected chi connectivity index (χ3v) is 3.98. The van der Waals surface area contributed by atoms with Gasteiger partial charge in [0.2, 0.25) is 0 Å². The van der Waals surface area contributed by atoms with Crippen LogP contribution in [0.5, 0.6) is 0 Å². The molecule has 1 atom stereocenters. The van der Waals surface area contributed by atoms with Gasteiger partial charge in [0.05, 0.1) is 17.6 Å². The molecule has 0 spiro atoms. The first kappa shape index (κ1) is 16.1. The van der Waals surface area contributed by atoms with Crippen LogP contribution in [0.25, 0.3) is 10.6 Å². The van der Waals surface area contributed by atoms with Crippen molar-refractivity contribution >= 4 is 22.9 Å². The summed E-state index contributed by atoms with van der Waals surface area (Å²) in [6, 6.07) is 5.79. The van der Waals surface area contributed by atoms with Crippen LogP contribution >= 0.6 is 11.3 Å². The zero-order chi connectivity index (χ0) is 16.1. The molecule has 1 aromatic carbocycles. The largest absolute Gasteiger partial charge is 0.394 e. The van der Waals surface area contributed by atoms with Crippen molar-refractivity contribution in [2.75, 3.05) is 6.61 Å². The highest BCUT2D eigenvalue weighted by Gasteiger charge is 2.16. The highest BCUT2D eigenvalue weighted by Crippen LogP contribution is 2.26. The van der Waals surface area contributed by atoms with E-state index in [4.69, 9.17) is 5.11 Å². The maximum atomic E-state index is 12.0. The summed E-state index contributed by atoms with van der Waals surface area (Å²) in [4.78, 5) is 26.5. The molecule has 0 aliphatic carbocycles. The van der Waals surface area contributed by atoms with E-state index in [9.17, 15) is 14.9 Å². The van der Waals surface area contributed by atoms with Crippen LogP contribution in [0.15, 0.2) is 29.6 Å². The Kier molecular flexibility index (Phi) is 5.18. The van der Waals surface area contributed by atoms with E-state index >= 15 is 0 Å². The SMILES string of the molecule is CCC(CO)NC(=O)c1csc(-c2cccc([N+](=O)[O-])c2)n1. The topological polar surface area (TPSA) is 105 Å². The predicted molar refractivity (Wildman–Crippen MR) is 82.8 cm³/mol. The average molecular weight is 321 g/mol. The Morgan fingerprint density at radius 3 is 2.95 bits per heavy atom. The summed E-state index contributed by atoms with van der Waals surface area (Å²) in [5.41, 5.74) is 0.802. The molecule has 2 rings (SSSR count). The highest BCUT2D eigenvalue weighted by atomic mass is 32.1. The molecule has 1 heterocycles. The Labute approximate surface area is 130 Å². The number of thiazole rings is 1. The summed E-state index contributed by atoms with van der Waals surface area (Å²) >= 11 is 1.24. The number of amides is 1. The fourth-order valence-electron chi connectivity index (χ4n) is 1.80. The van der Waals surface area contributed by atoms with E-state index in [1.165, 1.54) is 23.5 Å². The number of nitro benzene ring substituents is 1. The number of hydrogen-bond acceptors (Lipinski definition) is 6. The molecule has 0 aliphatic rings. The number of aliphatic hydroxyl groups excluding tert-OH is 1. The lowest BCUT2D eigenvalue weighted by molar-refractivity contribution is -0.384. The standard InChI is InChI=1S/C14H15N3O4S/c1-2-10(7-18)15-13(19)12-8-22-14(16-12)9-4-3-5-11(6-9)17(20)21/h3-6,8,10,18H,2,7H2,1H3,(H,15,19). The van der Waals surface area contributed by atoms with Gasteiger partial charge in [0.1, 0.15) is 10.7 Å². The molecule has 0 bridgehead atoms. The van der Waals surface area contributed by atoms with Crippen LogP contribution in [0.4, 0.5) is 5.69 Å². The van der Waals surface area contributed by atoms with Gasteiger partial charge in [0.25, 0.3) is 11.6 Å². The van der Waals surface area contributed by atoms with Crippen LogP contribution in [-0.2, 0) is 0 Å². The van der Waals surface area contributed by atoms with Crippen molar-refractivity contribution in [3.63, 3.8) is 0 Å². The first-order chi connectivity index (χ1) is 10.5. The molecule has 0 saturated carbocycles. The molecular weight excluding hydrogens is 306 g/mol. The molecule has 0 aliphatic heterocycles. The summed E-state index contributed by atoms with van der Waals surface area (Å²) in [5, 5.41) is 24.7. The minimum Gasteiger partial charge on any atom is -0.394 e. The van der Waals surface area contributed by atoms with E-state index in [1.54, 1.807) is 17.5 Å². The molecule has 0 fully saturated rings. The lowest BCUT2D eigenvalue weighted by atomic mass is 10.2. The van der Waals surface area contributed by atoms with Crippen LogP contribution in [0.2, 0.25) is 0 Å². The highest BCUT2D eigenvalue weighted by molar-refractivity contribution is 7.13. The smallest absolute Gasteiger partial charge is 0.271 e. The van der Waals surface area contributed by atoms with Crippen LogP contribution in [0.3, 0.4) is 0 Å².